The lowest BCUT2D eigenvalue weighted by molar-refractivity contribution is 0.627. The first-order chi connectivity index (χ1) is 28.2. The quantitative estimate of drug-likeness (QED) is 0.158. The van der Waals surface area contributed by atoms with E-state index in [0.717, 1.165) is 0 Å². The van der Waals surface area contributed by atoms with Crippen LogP contribution in [0.2, 0.25) is 0 Å². The number of aliphatic imine (C=N–C) groups is 6. The highest BCUT2D eigenvalue weighted by Crippen LogP contribution is 2.34. The van der Waals surface area contributed by atoms with Gasteiger partial charge in [0.15, 0.2) is 0 Å². The lowest BCUT2D eigenvalue weighted by atomic mass is 10.2. The van der Waals surface area contributed by atoms with E-state index in [2.05, 4.69) is 0 Å². The van der Waals surface area contributed by atoms with Crippen molar-refractivity contribution in [1.82, 2.24) is 4.90 Å². The topological polar surface area (TPSA) is 87.1 Å². The minimum absolute atomic E-state index is 0.0426. The summed E-state index contributed by atoms with van der Waals surface area (Å²) < 4.78 is 85.4. The highest BCUT2D eigenvalue weighted by Gasteiger charge is 2.39. The Balaban J connectivity index is 1.29. The molecular formula is C42H24F6N10. The van der Waals surface area contributed by atoms with Gasteiger partial charge in [0.2, 0.25) is 35.8 Å². The number of rotatable bonds is 6. The fourth-order valence-corrected chi connectivity index (χ4v) is 6.24. The number of hydrogen-bond donors (Lipinski definition) is 0. The van der Waals surface area contributed by atoms with Gasteiger partial charge in [0.05, 0.1) is 0 Å². The second-order valence-electron chi connectivity index (χ2n) is 12.7. The van der Waals surface area contributed by atoms with Gasteiger partial charge in [-0.2, -0.15) is 30.0 Å². The van der Waals surface area contributed by atoms with Crippen LogP contribution in [0, 0.1) is 34.9 Å². The normalized spacial score (nSPS) is 14.3. The molecule has 3 aliphatic heterocycles. The van der Waals surface area contributed by atoms with Gasteiger partial charge in [0, 0.05) is 34.1 Å². The van der Waals surface area contributed by atoms with Crippen LogP contribution in [0.3, 0.4) is 0 Å². The van der Waals surface area contributed by atoms with E-state index < -0.39 is 34.9 Å². The largest absolute Gasteiger partial charge is 0.279 e. The van der Waals surface area contributed by atoms with Crippen LogP contribution >= 0.6 is 0 Å². The van der Waals surface area contributed by atoms with Gasteiger partial charge in [0.1, 0.15) is 34.9 Å². The van der Waals surface area contributed by atoms with E-state index in [9.17, 15) is 26.3 Å². The summed E-state index contributed by atoms with van der Waals surface area (Å²) in [6.07, 6.45) is 0. The monoisotopic (exact) mass is 782 g/mol. The average molecular weight is 783 g/mol. The lowest BCUT2D eigenvalue weighted by Gasteiger charge is -2.36. The van der Waals surface area contributed by atoms with Gasteiger partial charge in [-0.05, 0) is 146 Å². The van der Waals surface area contributed by atoms with Gasteiger partial charge in [-0.25, -0.2) is 31.2 Å². The van der Waals surface area contributed by atoms with Crippen molar-refractivity contribution in [2.75, 3.05) is 14.7 Å². The summed E-state index contributed by atoms with van der Waals surface area (Å²) >= 11 is 0. The number of guanidine groups is 6. The lowest BCUT2D eigenvalue weighted by Crippen LogP contribution is -2.51. The molecule has 0 aromatic heterocycles. The Labute approximate surface area is 325 Å². The van der Waals surface area contributed by atoms with Gasteiger partial charge in [0.25, 0.3) is 0 Å². The summed E-state index contributed by atoms with van der Waals surface area (Å²) in [5, 5.41) is 0. The maximum absolute atomic E-state index is 14.2. The van der Waals surface area contributed by atoms with Crippen LogP contribution in [0.4, 0.5) is 60.5 Å². The van der Waals surface area contributed by atoms with E-state index in [4.69, 9.17) is 30.0 Å². The van der Waals surface area contributed by atoms with Crippen molar-refractivity contribution < 1.29 is 26.3 Å². The minimum Gasteiger partial charge on any atom is -0.279 e. The molecule has 0 unspecified atom stereocenters. The molecule has 6 aromatic carbocycles. The number of nitrogens with zero attached hydrogens (tertiary/aromatic N) is 10. The molecule has 0 saturated carbocycles. The standard InChI is InChI=1S/C42H24F6N10/c43-25-1-13-31(14-2-25)55(32-15-3-26(44)4-16-32)37-49-40-51-38(56(33-17-5-27(45)6-18-33)34-19-7-28(46)8-20-34)53-42-54-39(52-41(50-37)58(40)42)57(35-21-9-29(47)10-22-35)36-23-11-30(48)12-24-36/h1-24H. The minimum atomic E-state index is -0.505. The number of hydrogen-bond acceptors (Lipinski definition) is 10. The summed E-state index contributed by atoms with van der Waals surface area (Å²) in [5.74, 6) is -3.31. The van der Waals surface area contributed by atoms with E-state index in [1.165, 1.54) is 165 Å². The summed E-state index contributed by atoms with van der Waals surface area (Å²) in [7, 11) is 0. The van der Waals surface area contributed by atoms with Crippen LogP contribution in [0.25, 0.3) is 0 Å². The SMILES string of the molecule is Fc1ccc(N(C2=NC3=NC(N(c4ccc(F)cc4)c4ccc(F)cc4)=NC4=NC(N(c5ccc(F)cc5)c5ccc(F)cc5)=NC(=N2)N34)c2ccc(F)cc2)cc1. The van der Waals surface area contributed by atoms with E-state index >= 15 is 0 Å². The molecule has 0 fully saturated rings. The second-order valence-corrected chi connectivity index (χ2v) is 12.7. The third-order valence-corrected chi connectivity index (χ3v) is 8.91. The van der Waals surface area contributed by atoms with Crippen LogP contribution in [0.5, 0.6) is 0 Å². The third kappa shape index (κ3) is 6.94. The molecule has 16 heteroatoms. The summed E-state index contributed by atoms with van der Waals surface area (Å²) in [4.78, 5) is 34.8. The van der Waals surface area contributed by atoms with Crippen LogP contribution in [0.1, 0.15) is 0 Å². The smallest absolute Gasteiger partial charge is 0.246 e. The first-order valence-electron chi connectivity index (χ1n) is 17.4. The second kappa shape index (κ2) is 14.6. The highest BCUT2D eigenvalue weighted by atomic mass is 19.1. The Bertz CT molecular complexity index is 2280. The number of halogens is 6. The van der Waals surface area contributed by atoms with Crippen molar-refractivity contribution in [2.24, 2.45) is 30.0 Å². The molecule has 58 heavy (non-hydrogen) atoms. The Morgan fingerprint density at radius 3 is 0.603 bits per heavy atom. The van der Waals surface area contributed by atoms with Crippen molar-refractivity contribution in [1.29, 1.82) is 0 Å². The molecule has 284 valence electrons. The maximum atomic E-state index is 14.2. The van der Waals surface area contributed by atoms with Gasteiger partial charge < -0.3 is 0 Å². The zero-order valence-electron chi connectivity index (χ0n) is 29.6. The Morgan fingerprint density at radius 1 is 0.259 bits per heavy atom. The molecule has 0 amide bonds. The molecule has 0 bridgehead atoms. The highest BCUT2D eigenvalue weighted by molar-refractivity contribution is 6.34. The summed E-state index contributed by atoms with van der Waals surface area (Å²) in [6, 6.07) is 32.8. The molecule has 0 N–H and O–H groups in total. The van der Waals surface area contributed by atoms with Crippen LogP contribution in [-0.2, 0) is 0 Å². The van der Waals surface area contributed by atoms with Crippen LogP contribution in [-0.4, -0.2) is 40.7 Å². The predicted molar refractivity (Wildman–Crippen MR) is 211 cm³/mol. The zero-order chi connectivity index (χ0) is 39.9. The fourth-order valence-electron chi connectivity index (χ4n) is 6.24. The van der Waals surface area contributed by atoms with Crippen molar-refractivity contribution in [3.05, 3.63) is 180 Å². The van der Waals surface area contributed by atoms with Crippen molar-refractivity contribution in [3.8, 4) is 0 Å². The first-order valence-corrected chi connectivity index (χ1v) is 17.4. The maximum Gasteiger partial charge on any atom is 0.246 e. The molecule has 6 aromatic rings. The van der Waals surface area contributed by atoms with Gasteiger partial charge in [-0.1, -0.05) is 0 Å². The third-order valence-electron chi connectivity index (χ3n) is 8.91. The Kier molecular flexibility index (Phi) is 9.04. The summed E-state index contributed by atoms with van der Waals surface area (Å²) in [6.45, 7) is 0. The number of benzene rings is 6. The van der Waals surface area contributed by atoms with Crippen molar-refractivity contribution >= 4 is 69.9 Å². The Morgan fingerprint density at radius 2 is 0.431 bits per heavy atom. The molecule has 0 atom stereocenters. The van der Waals surface area contributed by atoms with Crippen molar-refractivity contribution in [3.63, 3.8) is 0 Å². The molecule has 10 nitrogen and oxygen atoms in total. The fraction of sp³-hybridized carbons (Fsp3) is 0. The zero-order valence-corrected chi connectivity index (χ0v) is 29.6. The molecule has 0 saturated heterocycles. The molecular weight excluding hydrogens is 759 g/mol. The van der Waals surface area contributed by atoms with E-state index in [1.807, 2.05) is 0 Å². The average Bonchev–Trinajstić information content (AvgIpc) is 3.22. The number of anilines is 6. The van der Waals surface area contributed by atoms with Gasteiger partial charge in [-0.3, -0.25) is 14.7 Å². The predicted octanol–water partition coefficient (Wildman–Crippen LogP) is 9.81. The molecule has 9 rings (SSSR count). The van der Waals surface area contributed by atoms with E-state index in [0.29, 0.717) is 34.1 Å². The molecule has 0 radical (unpaired) electrons. The van der Waals surface area contributed by atoms with E-state index in [-0.39, 0.29) is 35.8 Å². The molecule has 0 spiro atoms. The molecule has 3 aliphatic rings. The molecule has 3 heterocycles. The van der Waals surface area contributed by atoms with Crippen molar-refractivity contribution in [2.45, 2.75) is 0 Å². The van der Waals surface area contributed by atoms with Crippen LogP contribution < -0.4 is 14.7 Å². The molecule has 0 aliphatic carbocycles. The van der Waals surface area contributed by atoms with Crippen LogP contribution in [0.15, 0.2) is 176 Å². The van der Waals surface area contributed by atoms with E-state index in [1.54, 1.807) is 0 Å². The Hall–Kier alpha value is -7.88. The van der Waals surface area contributed by atoms with Gasteiger partial charge in [-0.15, -0.1) is 0 Å². The van der Waals surface area contributed by atoms with Gasteiger partial charge >= 0.3 is 0 Å². The summed E-state index contributed by atoms with van der Waals surface area (Å²) in [5.41, 5.74) is 2.35. The first kappa shape index (κ1) is 35.8.